The van der Waals surface area contributed by atoms with Crippen LogP contribution in [-0.4, -0.2) is 55.5 Å². The van der Waals surface area contributed by atoms with Crippen molar-refractivity contribution in [1.82, 2.24) is 9.80 Å². The quantitative estimate of drug-likeness (QED) is 0.852. The van der Waals surface area contributed by atoms with Crippen molar-refractivity contribution in [3.05, 3.63) is 59.2 Å². The summed E-state index contributed by atoms with van der Waals surface area (Å²) in [4.78, 5) is 17.0. The summed E-state index contributed by atoms with van der Waals surface area (Å²) in [6.07, 6.45) is 0. The second-order valence-electron chi connectivity index (χ2n) is 7.38. The van der Waals surface area contributed by atoms with Crippen molar-refractivity contribution >= 4 is 11.6 Å². The number of rotatable bonds is 6. The topological polar surface area (TPSA) is 44.8 Å². The Morgan fingerprint density at radius 2 is 1.74 bits per heavy atom. The second-order valence-corrected chi connectivity index (χ2v) is 7.38. The molecule has 0 aromatic heterocycles. The first-order valence-corrected chi connectivity index (χ1v) is 9.49. The molecule has 0 unspecified atom stereocenters. The fourth-order valence-corrected chi connectivity index (χ4v) is 3.16. The van der Waals surface area contributed by atoms with Gasteiger partial charge in [-0.1, -0.05) is 24.3 Å². The highest BCUT2D eigenvalue weighted by Gasteiger charge is 2.13. The van der Waals surface area contributed by atoms with Crippen LogP contribution >= 0.6 is 0 Å². The number of nitrogens with one attached hydrogen (secondary N) is 1. The van der Waals surface area contributed by atoms with E-state index in [4.69, 9.17) is 4.74 Å². The fraction of sp³-hybridized carbons (Fsp3) is 0.409. The van der Waals surface area contributed by atoms with Crippen molar-refractivity contribution < 1.29 is 9.53 Å². The van der Waals surface area contributed by atoms with Crippen LogP contribution < -0.4 is 10.1 Å². The van der Waals surface area contributed by atoms with Crippen molar-refractivity contribution in [3.63, 3.8) is 0 Å². The van der Waals surface area contributed by atoms with Gasteiger partial charge in [0.15, 0.2) is 6.61 Å². The largest absolute Gasteiger partial charge is 0.483 e. The molecule has 5 nitrogen and oxygen atoms in total. The van der Waals surface area contributed by atoms with E-state index in [-0.39, 0.29) is 12.5 Å². The zero-order valence-corrected chi connectivity index (χ0v) is 16.5. The summed E-state index contributed by atoms with van der Waals surface area (Å²) in [5.74, 6) is 0.607. The van der Waals surface area contributed by atoms with Crippen LogP contribution in [0.15, 0.2) is 42.5 Å². The number of amides is 1. The predicted octanol–water partition coefficient (Wildman–Crippen LogP) is 3.07. The van der Waals surface area contributed by atoms with Crippen molar-refractivity contribution in [2.75, 3.05) is 45.2 Å². The van der Waals surface area contributed by atoms with Gasteiger partial charge in [0.1, 0.15) is 5.75 Å². The molecular formula is C22H29N3O2. The third-order valence-electron chi connectivity index (χ3n) is 4.94. The van der Waals surface area contributed by atoms with Gasteiger partial charge in [0.05, 0.1) is 0 Å². The van der Waals surface area contributed by atoms with Crippen LogP contribution in [0.3, 0.4) is 0 Å². The van der Waals surface area contributed by atoms with Gasteiger partial charge in [-0.3, -0.25) is 9.69 Å². The summed E-state index contributed by atoms with van der Waals surface area (Å²) in [7, 11) is 2.17. The first-order valence-electron chi connectivity index (χ1n) is 9.49. The number of piperazine rings is 1. The number of hydrogen-bond acceptors (Lipinski definition) is 4. The first kappa shape index (κ1) is 19.4. The molecule has 0 bridgehead atoms. The molecule has 1 amide bonds. The minimum Gasteiger partial charge on any atom is -0.483 e. The number of hydrogen-bond donors (Lipinski definition) is 1. The molecule has 1 fully saturated rings. The molecule has 1 N–H and O–H groups in total. The van der Waals surface area contributed by atoms with Gasteiger partial charge in [0.25, 0.3) is 5.91 Å². The third-order valence-corrected chi connectivity index (χ3v) is 4.94. The van der Waals surface area contributed by atoms with Gasteiger partial charge < -0.3 is 15.0 Å². The number of anilines is 1. The second kappa shape index (κ2) is 9.02. The van der Waals surface area contributed by atoms with E-state index in [2.05, 4.69) is 34.3 Å². The van der Waals surface area contributed by atoms with Gasteiger partial charge in [-0.25, -0.2) is 0 Å². The number of ether oxygens (including phenoxy) is 1. The van der Waals surface area contributed by atoms with E-state index in [0.717, 1.165) is 55.3 Å². The van der Waals surface area contributed by atoms with E-state index in [9.17, 15) is 4.79 Å². The molecule has 1 saturated heterocycles. The Bertz CT molecular complexity index is 766. The van der Waals surface area contributed by atoms with Crippen molar-refractivity contribution in [2.24, 2.45) is 0 Å². The van der Waals surface area contributed by atoms with Crippen molar-refractivity contribution in [3.8, 4) is 5.75 Å². The van der Waals surface area contributed by atoms with Crippen LogP contribution in [0.5, 0.6) is 5.75 Å². The minimum absolute atomic E-state index is 0.00728. The first-order chi connectivity index (χ1) is 13.0. The monoisotopic (exact) mass is 367 g/mol. The van der Waals surface area contributed by atoms with E-state index in [1.165, 1.54) is 5.56 Å². The molecule has 0 atom stereocenters. The summed E-state index contributed by atoms with van der Waals surface area (Å²) < 4.78 is 5.66. The minimum atomic E-state index is -0.150. The van der Waals surface area contributed by atoms with E-state index >= 15 is 0 Å². The van der Waals surface area contributed by atoms with Gasteiger partial charge in [0, 0.05) is 38.4 Å². The molecule has 5 heteroatoms. The molecule has 0 spiro atoms. The van der Waals surface area contributed by atoms with Gasteiger partial charge in [-0.05, 0) is 55.8 Å². The molecule has 2 aromatic rings. The molecule has 0 radical (unpaired) electrons. The average molecular weight is 367 g/mol. The Morgan fingerprint density at radius 1 is 1.04 bits per heavy atom. The predicted molar refractivity (Wildman–Crippen MR) is 109 cm³/mol. The highest BCUT2D eigenvalue weighted by molar-refractivity contribution is 5.91. The number of carbonyl (C=O) groups is 1. The Morgan fingerprint density at radius 3 is 2.44 bits per heavy atom. The van der Waals surface area contributed by atoms with Crippen LogP contribution in [0.4, 0.5) is 5.69 Å². The molecule has 27 heavy (non-hydrogen) atoms. The molecule has 1 aliphatic rings. The highest BCUT2D eigenvalue weighted by Crippen LogP contribution is 2.19. The Balaban J connectivity index is 1.47. The summed E-state index contributed by atoms with van der Waals surface area (Å²) in [6.45, 7) is 9.39. The lowest BCUT2D eigenvalue weighted by molar-refractivity contribution is -0.118. The molecule has 0 saturated carbocycles. The van der Waals surface area contributed by atoms with Crippen LogP contribution in [0.1, 0.15) is 16.7 Å². The zero-order valence-electron chi connectivity index (χ0n) is 16.5. The standard InChI is InChI=1S/C22H29N3O2/c1-17-4-5-18(2)21(14-17)27-16-22(26)23-20-8-6-19(7-9-20)15-25-12-10-24(3)11-13-25/h4-9,14H,10-13,15-16H2,1-3H3,(H,23,26). The SMILES string of the molecule is Cc1ccc(C)c(OCC(=O)Nc2ccc(CN3CCN(C)CC3)cc2)c1. The summed E-state index contributed by atoms with van der Waals surface area (Å²) in [6, 6.07) is 14.1. The average Bonchev–Trinajstić information content (AvgIpc) is 2.66. The summed E-state index contributed by atoms with van der Waals surface area (Å²) in [5, 5.41) is 2.90. The van der Waals surface area contributed by atoms with E-state index in [0.29, 0.717) is 0 Å². The molecular weight excluding hydrogens is 338 g/mol. The fourth-order valence-electron chi connectivity index (χ4n) is 3.16. The highest BCUT2D eigenvalue weighted by atomic mass is 16.5. The molecule has 1 aliphatic heterocycles. The summed E-state index contributed by atoms with van der Waals surface area (Å²) in [5.41, 5.74) is 4.21. The lowest BCUT2D eigenvalue weighted by Gasteiger charge is -2.32. The molecule has 1 heterocycles. The lowest BCUT2D eigenvalue weighted by Crippen LogP contribution is -2.43. The van der Waals surface area contributed by atoms with E-state index in [1.54, 1.807) is 0 Å². The van der Waals surface area contributed by atoms with Crippen LogP contribution in [0.25, 0.3) is 0 Å². The number of aryl methyl sites for hydroxylation is 2. The molecule has 3 rings (SSSR count). The van der Waals surface area contributed by atoms with Crippen molar-refractivity contribution in [2.45, 2.75) is 20.4 Å². The maximum Gasteiger partial charge on any atom is 0.262 e. The van der Waals surface area contributed by atoms with Crippen LogP contribution in [-0.2, 0) is 11.3 Å². The van der Waals surface area contributed by atoms with Gasteiger partial charge >= 0.3 is 0 Å². The van der Waals surface area contributed by atoms with Crippen LogP contribution in [0.2, 0.25) is 0 Å². The van der Waals surface area contributed by atoms with Crippen molar-refractivity contribution in [1.29, 1.82) is 0 Å². The Labute approximate surface area is 161 Å². The van der Waals surface area contributed by atoms with Crippen LogP contribution in [0, 0.1) is 13.8 Å². The van der Waals surface area contributed by atoms with Gasteiger partial charge in [-0.2, -0.15) is 0 Å². The number of carbonyl (C=O) groups excluding carboxylic acids is 1. The summed E-state index contributed by atoms with van der Waals surface area (Å²) >= 11 is 0. The van der Waals surface area contributed by atoms with Gasteiger partial charge in [0.2, 0.25) is 0 Å². The molecule has 0 aliphatic carbocycles. The number of nitrogens with zero attached hydrogens (tertiary/aromatic N) is 2. The van der Waals surface area contributed by atoms with E-state index < -0.39 is 0 Å². The lowest BCUT2D eigenvalue weighted by atomic mass is 10.1. The maximum atomic E-state index is 12.2. The molecule has 2 aromatic carbocycles. The maximum absolute atomic E-state index is 12.2. The zero-order chi connectivity index (χ0) is 19.2. The normalized spacial score (nSPS) is 15.5. The Kier molecular flexibility index (Phi) is 6.48. The molecule has 144 valence electrons. The Hall–Kier alpha value is -2.37. The smallest absolute Gasteiger partial charge is 0.262 e. The van der Waals surface area contributed by atoms with Gasteiger partial charge in [-0.15, -0.1) is 0 Å². The number of benzene rings is 2. The number of likely N-dealkylation sites (N-methyl/N-ethyl adjacent to an activating group) is 1. The third kappa shape index (κ3) is 5.81. The van der Waals surface area contributed by atoms with E-state index in [1.807, 2.05) is 44.2 Å².